The van der Waals surface area contributed by atoms with E-state index in [4.69, 9.17) is 19.2 Å². The molecule has 266 valence electrons. The molecule has 0 unspecified atom stereocenters. The molecule has 12 aromatic rings. The van der Waals surface area contributed by atoms with Crippen molar-refractivity contribution in [3.05, 3.63) is 206 Å². The summed E-state index contributed by atoms with van der Waals surface area (Å²) in [5.74, 6) is 0. The number of nitrogens with zero attached hydrogens (tertiary/aromatic N) is 2. The van der Waals surface area contributed by atoms with Crippen molar-refractivity contribution in [2.24, 2.45) is 0 Å². The molecule has 0 aliphatic rings. The molecule has 0 saturated carbocycles. The summed E-state index contributed by atoms with van der Waals surface area (Å²) >= 11 is 0.809. The first-order valence-corrected chi connectivity index (χ1v) is 18.7. The minimum atomic E-state index is -0.782. The number of hydrogen-bond donors (Lipinski definition) is 0. The molecule has 57 heavy (non-hydrogen) atoms. The fraction of sp³-hybridized carbons (Fsp3) is 0. The lowest BCUT2D eigenvalue weighted by molar-refractivity contribution is 1.18. The van der Waals surface area contributed by atoms with Crippen LogP contribution in [0.1, 0.15) is 27.4 Å². The van der Waals surface area contributed by atoms with Gasteiger partial charge in [-0.3, -0.25) is 0 Å². The maximum atomic E-state index is 10.2. The highest BCUT2D eigenvalue weighted by Crippen LogP contribution is 2.44. The average molecular weight is 763 g/mol. The predicted octanol–water partition coefficient (Wildman–Crippen LogP) is 15.2. The van der Waals surface area contributed by atoms with Crippen molar-refractivity contribution in [1.29, 1.82) is 0 Å². The Kier molecular flexibility index (Phi) is 4.04. The van der Waals surface area contributed by atoms with E-state index in [1.54, 1.807) is 27.3 Å². The molecule has 0 aliphatic carbocycles. The van der Waals surface area contributed by atoms with Crippen molar-refractivity contribution < 1.29 is 27.4 Å². The van der Waals surface area contributed by atoms with Gasteiger partial charge in [0.05, 0.1) is 49.5 Å². The van der Waals surface area contributed by atoms with E-state index in [0.717, 1.165) is 33.2 Å². The fourth-order valence-corrected chi connectivity index (χ4v) is 8.88. The van der Waals surface area contributed by atoms with Crippen molar-refractivity contribution >= 4 is 75.1 Å². The van der Waals surface area contributed by atoms with E-state index in [0.29, 0.717) is 32.8 Å². The monoisotopic (exact) mass is 762 g/mol. The maximum absolute atomic E-state index is 10.2. The van der Waals surface area contributed by atoms with Crippen LogP contribution in [0.25, 0.3) is 109 Å². The summed E-state index contributed by atoms with van der Waals surface area (Å²) in [6, 6.07) is 14.1. The summed E-state index contributed by atoms with van der Waals surface area (Å²) in [4.78, 5) is 0. The van der Waals surface area contributed by atoms with Gasteiger partial charge in [-0.15, -0.1) is 11.3 Å². The van der Waals surface area contributed by atoms with Gasteiger partial charge in [0.1, 0.15) is 0 Å². The molecule has 0 amide bonds. The van der Waals surface area contributed by atoms with Gasteiger partial charge < -0.3 is 9.13 Å². The molecule has 2 nitrogen and oxygen atoms in total. The van der Waals surface area contributed by atoms with Crippen LogP contribution in [0.5, 0.6) is 0 Å². The lowest BCUT2D eigenvalue weighted by atomic mass is 9.98. The Balaban J connectivity index is 1.14. The molecule has 3 aromatic heterocycles. The van der Waals surface area contributed by atoms with Gasteiger partial charge in [-0.1, -0.05) is 139 Å². The number of hydrogen-bond acceptors (Lipinski definition) is 1. The standard InChI is InChI=1S/C54H34N2S/c1-3-13-35(14-4-1)36-23-25-37(26-24-36)45-33-41(34-48-44-19-9-12-22-53(44)57-54(45)48)56-50-21-11-8-18-43(50)47-32-39(28-30-52(47)56)38-27-29-51-46(31-38)42-17-7-10-20-49(42)55(51)40-15-5-2-6-16-40/h1-34H/i1D,2D,3D,4D,5D,6D,9D,12D,13D,14D,15D,16D,19D,22D,23D,24D,25D,26D,33D,34D. The van der Waals surface area contributed by atoms with E-state index < -0.39 is 119 Å². The van der Waals surface area contributed by atoms with Gasteiger partial charge in [-0.2, -0.15) is 0 Å². The smallest absolute Gasteiger partial charge is 0.0652 e. The predicted molar refractivity (Wildman–Crippen MR) is 244 cm³/mol. The van der Waals surface area contributed by atoms with Crippen molar-refractivity contribution in [2.75, 3.05) is 0 Å². The first kappa shape index (κ1) is 18.2. The van der Waals surface area contributed by atoms with Crippen molar-refractivity contribution in [3.8, 4) is 44.8 Å². The Morgan fingerprint density at radius 1 is 0.368 bits per heavy atom. The zero-order valence-corrected chi connectivity index (χ0v) is 30.2. The zero-order chi connectivity index (χ0) is 54.9. The van der Waals surface area contributed by atoms with Crippen LogP contribution in [-0.4, -0.2) is 9.13 Å². The number of rotatable bonds is 5. The van der Waals surface area contributed by atoms with Crippen molar-refractivity contribution in [3.63, 3.8) is 0 Å². The molecule has 0 N–H and O–H groups in total. The molecule has 0 atom stereocenters. The largest absolute Gasteiger partial charge is 0.309 e. The summed E-state index contributed by atoms with van der Waals surface area (Å²) in [5.41, 5.74) is 1.77. The minimum Gasteiger partial charge on any atom is -0.309 e. The highest BCUT2D eigenvalue weighted by molar-refractivity contribution is 7.26. The van der Waals surface area contributed by atoms with Gasteiger partial charge in [0.2, 0.25) is 0 Å². The Labute approximate surface area is 361 Å². The molecule has 3 heterocycles. The number of aromatic nitrogens is 2. The Hall–Kier alpha value is -7.20. The summed E-state index contributed by atoms with van der Waals surface area (Å²) in [7, 11) is 0. The first-order chi connectivity index (χ1) is 36.6. The van der Waals surface area contributed by atoms with Crippen LogP contribution in [0.2, 0.25) is 0 Å². The van der Waals surface area contributed by atoms with Gasteiger partial charge in [-0.25, -0.2) is 0 Å². The average Bonchev–Trinajstić information content (AvgIpc) is 4.30. The first-order valence-electron chi connectivity index (χ1n) is 27.9. The normalized spacial score (nSPS) is 16.8. The van der Waals surface area contributed by atoms with Crippen LogP contribution >= 0.6 is 11.3 Å². The number of benzene rings is 9. The number of fused-ring (bicyclic) bond motifs is 9. The maximum Gasteiger partial charge on any atom is 0.0652 e. The highest BCUT2D eigenvalue weighted by atomic mass is 32.1. The molecule has 9 aromatic carbocycles. The van der Waals surface area contributed by atoms with Gasteiger partial charge >= 0.3 is 0 Å². The SMILES string of the molecule is [2H]c1c([2H])c([2H])c(-c2c([2H])c([2H])c(-c3c([2H])c(-n4c5ccccc5c5cc(-c6ccc7c(c6)c6ccccc6n7-c6c([2H])c([2H])c([2H])c([2H])c6[2H])ccc54)c([2H])c4c3sc3c([2H])c([2H])c([2H])c([2H])c34)c([2H])c2[2H])c([2H])c1[2H]. The van der Waals surface area contributed by atoms with E-state index in [1.165, 1.54) is 0 Å². The Morgan fingerprint density at radius 3 is 1.56 bits per heavy atom. The topological polar surface area (TPSA) is 9.86 Å². The zero-order valence-electron chi connectivity index (χ0n) is 49.4. The van der Waals surface area contributed by atoms with Crippen LogP contribution in [0.4, 0.5) is 0 Å². The Morgan fingerprint density at radius 2 is 0.895 bits per heavy atom. The van der Waals surface area contributed by atoms with E-state index in [-0.39, 0.29) is 55.2 Å². The summed E-state index contributed by atoms with van der Waals surface area (Å²) in [6.45, 7) is 0. The van der Waals surface area contributed by atoms with Crippen LogP contribution in [0.3, 0.4) is 0 Å². The van der Waals surface area contributed by atoms with E-state index in [9.17, 15) is 8.22 Å². The Bertz CT molecular complexity index is 4620. The minimum absolute atomic E-state index is 0.00684. The van der Waals surface area contributed by atoms with E-state index in [2.05, 4.69) is 0 Å². The van der Waals surface area contributed by atoms with Crippen molar-refractivity contribution in [2.45, 2.75) is 0 Å². The number of para-hydroxylation sites is 3. The molecular weight excluding hydrogens is 709 g/mol. The summed E-state index contributed by atoms with van der Waals surface area (Å²) in [6.07, 6.45) is 0. The van der Waals surface area contributed by atoms with Crippen LogP contribution < -0.4 is 0 Å². The summed E-state index contributed by atoms with van der Waals surface area (Å²) in [5, 5.41) is 2.74. The molecular formula is C54H34N2S. The van der Waals surface area contributed by atoms with Crippen LogP contribution in [-0.2, 0) is 0 Å². The fourth-order valence-electron chi connectivity index (χ4n) is 7.81. The second-order valence-electron chi connectivity index (χ2n) is 13.4. The van der Waals surface area contributed by atoms with Crippen molar-refractivity contribution in [1.82, 2.24) is 9.13 Å². The van der Waals surface area contributed by atoms with Gasteiger partial charge in [0, 0.05) is 58.7 Å². The van der Waals surface area contributed by atoms with Gasteiger partial charge in [-0.05, 0) is 94.4 Å². The van der Waals surface area contributed by atoms with E-state index in [1.807, 2.05) is 66.7 Å². The highest BCUT2D eigenvalue weighted by Gasteiger charge is 2.19. The molecule has 0 radical (unpaired) electrons. The lowest BCUT2D eigenvalue weighted by Crippen LogP contribution is -1.95. The van der Waals surface area contributed by atoms with E-state index >= 15 is 0 Å². The van der Waals surface area contributed by atoms with Gasteiger partial charge in [0.15, 0.2) is 0 Å². The molecule has 0 aliphatic heterocycles. The van der Waals surface area contributed by atoms with Crippen LogP contribution in [0.15, 0.2) is 206 Å². The summed E-state index contributed by atoms with van der Waals surface area (Å²) < 4.78 is 181. The molecule has 0 bridgehead atoms. The second-order valence-corrected chi connectivity index (χ2v) is 14.4. The van der Waals surface area contributed by atoms with Crippen LogP contribution in [0, 0.1) is 0 Å². The molecule has 0 saturated heterocycles. The quantitative estimate of drug-likeness (QED) is 0.165. The lowest BCUT2D eigenvalue weighted by Gasteiger charge is -2.13. The van der Waals surface area contributed by atoms with Gasteiger partial charge in [0.25, 0.3) is 0 Å². The second kappa shape index (κ2) is 12.7. The number of thiophene rings is 1. The molecule has 0 spiro atoms. The third-order valence-electron chi connectivity index (χ3n) is 10.3. The molecule has 12 rings (SSSR count). The molecule has 3 heteroatoms. The molecule has 0 fully saturated rings. The third kappa shape index (κ3) is 5.03. The third-order valence-corrected chi connectivity index (χ3v) is 11.4.